The van der Waals surface area contributed by atoms with Crippen LogP contribution in [0.2, 0.25) is 0 Å². The Kier molecular flexibility index (Phi) is 9.12. The first-order chi connectivity index (χ1) is 11.9. The largest absolute Gasteiger partial charge is 0.478 e. The van der Waals surface area contributed by atoms with Crippen molar-refractivity contribution < 1.29 is 19.8 Å². The molecular weight excluding hydrogens is 320 g/mol. The molecule has 25 heavy (non-hydrogen) atoms. The zero-order valence-corrected chi connectivity index (χ0v) is 14.8. The van der Waals surface area contributed by atoms with Crippen molar-refractivity contribution in [1.29, 1.82) is 0 Å². The third-order valence-electron chi connectivity index (χ3n) is 3.84. The van der Waals surface area contributed by atoms with Gasteiger partial charge in [0, 0.05) is 36.9 Å². The van der Waals surface area contributed by atoms with E-state index in [0.717, 1.165) is 19.4 Å². The fourth-order valence-corrected chi connectivity index (χ4v) is 2.67. The molecule has 1 atom stereocenters. The molecule has 0 saturated carbocycles. The summed E-state index contributed by atoms with van der Waals surface area (Å²) in [4.78, 5) is 23.7. The van der Waals surface area contributed by atoms with Crippen LogP contribution in [0, 0.1) is 12.0 Å². The number of carboxylic acids is 2. The summed E-state index contributed by atoms with van der Waals surface area (Å²) in [6.07, 6.45) is 12.4. The van der Waals surface area contributed by atoms with Crippen LogP contribution in [0.1, 0.15) is 32.6 Å². The van der Waals surface area contributed by atoms with Crippen LogP contribution < -0.4 is 0 Å². The molecule has 0 bridgehead atoms. The van der Waals surface area contributed by atoms with Gasteiger partial charge in [0.1, 0.15) is 0 Å². The van der Waals surface area contributed by atoms with Gasteiger partial charge in [-0.05, 0) is 44.5 Å². The lowest BCUT2D eigenvalue weighted by Gasteiger charge is -2.27. The Morgan fingerprint density at radius 3 is 2.52 bits per heavy atom. The summed E-state index contributed by atoms with van der Waals surface area (Å²) < 4.78 is 0. The summed E-state index contributed by atoms with van der Waals surface area (Å²) in [6.45, 7) is 4.37. The van der Waals surface area contributed by atoms with E-state index < -0.39 is 11.9 Å². The Bertz CT molecular complexity index is 595. The molecule has 1 fully saturated rings. The summed E-state index contributed by atoms with van der Waals surface area (Å²) in [6, 6.07) is 3.86. The van der Waals surface area contributed by atoms with E-state index >= 15 is 0 Å². The molecule has 0 aliphatic carbocycles. The lowest BCUT2D eigenvalue weighted by Crippen LogP contribution is -2.32. The summed E-state index contributed by atoms with van der Waals surface area (Å²) in [5.74, 6) is 0.697. The number of aliphatic carboxylic acids is 2. The van der Waals surface area contributed by atoms with Crippen LogP contribution in [-0.2, 0) is 9.59 Å². The lowest BCUT2D eigenvalue weighted by molar-refractivity contribution is -0.134. The monoisotopic (exact) mass is 346 g/mol. The number of rotatable bonds is 4. The number of hydrogen-bond acceptors (Lipinski definition) is 4. The molecule has 2 aliphatic heterocycles. The maximum Gasteiger partial charge on any atom is 0.328 e. The van der Waals surface area contributed by atoms with Crippen LogP contribution in [0.15, 0.2) is 36.1 Å². The first-order valence-corrected chi connectivity index (χ1v) is 8.40. The summed E-state index contributed by atoms with van der Waals surface area (Å²) in [5.41, 5.74) is 1.51. The van der Waals surface area contributed by atoms with Crippen LogP contribution >= 0.6 is 0 Å². The topological polar surface area (TPSA) is 81.1 Å². The SMILES string of the molecule is CCCC#CN1C=CC=C(C2CCCN2C)C1.O=C(O)/C=C/C(=O)O. The number of allylic oxidation sites excluding steroid dienone is 2. The normalized spacial score (nSPS) is 19.7. The Morgan fingerprint density at radius 1 is 1.32 bits per heavy atom. The predicted molar refractivity (Wildman–Crippen MR) is 96.7 cm³/mol. The molecule has 136 valence electrons. The van der Waals surface area contributed by atoms with Crippen LogP contribution in [0.3, 0.4) is 0 Å². The summed E-state index contributed by atoms with van der Waals surface area (Å²) in [5, 5.41) is 15.6. The average Bonchev–Trinajstić information content (AvgIpc) is 3.00. The van der Waals surface area contributed by atoms with Gasteiger partial charge in [-0.25, -0.2) is 9.59 Å². The minimum absolute atomic E-state index is 0.558. The minimum Gasteiger partial charge on any atom is -0.478 e. The molecule has 0 aromatic heterocycles. The molecule has 0 aromatic carbocycles. The van der Waals surface area contributed by atoms with E-state index in [2.05, 4.69) is 54.1 Å². The van der Waals surface area contributed by atoms with Crippen molar-refractivity contribution in [3.63, 3.8) is 0 Å². The zero-order valence-electron chi connectivity index (χ0n) is 14.8. The quantitative estimate of drug-likeness (QED) is 0.601. The fourth-order valence-electron chi connectivity index (χ4n) is 2.67. The van der Waals surface area contributed by atoms with E-state index in [0.29, 0.717) is 18.2 Å². The van der Waals surface area contributed by atoms with Crippen LogP contribution in [-0.4, -0.2) is 58.1 Å². The van der Waals surface area contributed by atoms with Gasteiger partial charge in [0.2, 0.25) is 0 Å². The van der Waals surface area contributed by atoms with E-state index in [1.165, 1.54) is 25.0 Å². The summed E-state index contributed by atoms with van der Waals surface area (Å²) >= 11 is 0. The molecule has 6 nitrogen and oxygen atoms in total. The number of unbranched alkanes of at least 4 members (excludes halogenated alkanes) is 1. The highest BCUT2D eigenvalue weighted by molar-refractivity contribution is 5.89. The first-order valence-electron chi connectivity index (χ1n) is 8.40. The Balaban J connectivity index is 0.000000333. The highest BCUT2D eigenvalue weighted by Crippen LogP contribution is 2.24. The number of nitrogens with zero attached hydrogens (tertiary/aromatic N) is 2. The van der Waals surface area contributed by atoms with Crippen molar-refractivity contribution in [2.75, 3.05) is 20.1 Å². The van der Waals surface area contributed by atoms with Gasteiger partial charge in [0.25, 0.3) is 0 Å². The third kappa shape index (κ3) is 8.23. The number of carbonyl (C=O) groups is 2. The molecule has 2 N–H and O–H groups in total. The highest BCUT2D eigenvalue weighted by Gasteiger charge is 2.25. The van der Waals surface area contributed by atoms with E-state index in [1.54, 1.807) is 0 Å². The molecule has 0 amide bonds. The highest BCUT2D eigenvalue weighted by atomic mass is 16.4. The number of hydrogen-bond donors (Lipinski definition) is 2. The Labute approximate surface area is 149 Å². The molecule has 1 saturated heterocycles. The second-order valence-corrected chi connectivity index (χ2v) is 5.90. The Morgan fingerprint density at radius 2 is 2.00 bits per heavy atom. The molecule has 1 unspecified atom stereocenters. The van der Waals surface area contributed by atoms with Crippen molar-refractivity contribution in [3.8, 4) is 12.0 Å². The van der Waals surface area contributed by atoms with E-state index in [-0.39, 0.29) is 0 Å². The average molecular weight is 346 g/mol. The molecular formula is C19H26N2O4. The minimum atomic E-state index is -1.26. The van der Waals surface area contributed by atoms with Gasteiger partial charge >= 0.3 is 11.9 Å². The molecule has 6 heteroatoms. The van der Waals surface area contributed by atoms with Crippen LogP contribution in [0.4, 0.5) is 0 Å². The number of carboxylic acid groups (broad SMARTS) is 2. The maximum absolute atomic E-state index is 9.55. The standard InChI is InChI=1S/C15H22N2.C4H4O4/c1-3-4-5-11-17-12-6-8-14(13-17)15-9-7-10-16(15)2;5-3(6)1-2-4(7)8/h6,8,12,15H,3-4,7,9-10,13H2,1-2H3;1-2H,(H,5,6)(H,7,8)/b;2-1+. The molecule has 0 spiro atoms. The van der Waals surface area contributed by atoms with E-state index in [1.807, 2.05) is 0 Å². The van der Waals surface area contributed by atoms with Gasteiger partial charge in [-0.15, -0.1) is 0 Å². The van der Waals surface area contributed by atoms with E-state index in [4.69, 9.17) is 10.2 Å². The van der Waals surface area contributed by atoms with Gasteiger partial charge in [0.05, 0.1) is 6.54 Å². The van der Waals surface area contributed by atoms with Crippen molar-refractivity contribution >= 4 is 11.9 Å². The third-order valence-corrected chi connectivity index (χ3v) is 3.84. The second kappa shape index (κ2) is 11.1. The second-order valence-electron chi connectivity index (χ2n) is 5.90. The van der Waals surface area contributed by atoms with Crippen molar-refractivity contribution in [3.05, 3.63) is 36.1 Å². The maximum atomic E-state index is 9.55. The Hall–Kier alpha value is -2.52. The van der Waals surface area contributed by atoms with Crippen LogP contribution in [0.25, 0.3) is 0 Å². The fraction of sp³-hybridized carbons (Fsp3) is 0.474. The van der Waals surface area contributed by atoms with Gasteiger partial charge in [-0.1, -0.05) is 18.9 Å². The van der Waals surface area contributed by atoms with Gasteiger partial charge in [-0.3, -0.25) is 4.90 Å². The van der Waals surface area contributed by atoms with Gasteiger partial charge in [0.15, 0.2) is 0 Å². The van der Waals surface area contributed by atoms with E-state index in [9.17, 15) is 9.59 Å². The van der Waals surface area contributed by atoms with Gasteiger partial charge in [-0.2, -0.15) is 0 Å². The van der Waals surface area contributed by atoms with Crippen molar-refractivity contribution in [2.45, 2.75) is 38.6 Å². The summed E-state index contributed by atoms with van der Waals surface area (Å²) in [7, 11) is 2.23. The predicted octanol–water partition coefficient (Wildman–Crippen LogP) is 2.31. The van der Waals surface area contributed by atoms with Gasteiger partial charge < -0.3 is 15.1 Å². The number of likely N-dealkylation sites (tertiary alicyclic amines) is 1. The number of likely N-dealkylation sites (N-methyl/N-ethyl adjacent to an activating group) is 1. The van der Waals surface area contributed by atoms with Crippen molar-refractivity contribution in [2.24, 2.45) is 0 Å². The molecule has 2 rings (SSSR count). The molecule has 2 heterocycles. The smallest absolute Gasteiger partial charge is 0.328 e. The molecule has 0 aromatic rings. The first kappa shape index (κ1) is 20.5. The van der Waals surface area contributed by atoms with Crippen molar-refractivity contribution in [1.82, 2.24) is 9.80 Å². The zero-order chi connectivity index (χ0) is 18.7. The van der Waals surface area contributed by atoms with Crippen LogP contribution in [0.5, 0.6) is 0 Å². The molecule has 2 aliphatic rings. The molecule has 0 radical (unpaired) electrons. The lowest BCUT2D eigenvalue weighted by atomic mass is 10.0.